The summed E-state index contributed by atoms with van der Waals surface area (Å²) in [5.74, 6) is 0. The van der Waals surface area contributed by atoms with Crippen LogP contribution in [0, 0.1) is 0 Å². The number of aliphatic hydroxyl groups excluding tert-OH is 1. The van der Waals surface area contributed by atoms with Gasteiger partial charge in [0.05, 0.1) is 53.7 Å². The number of hydrogen-bond donors (Lipinski definition) is 2. The largest absolute Gasteiger partial charge is 0.395 e. The van der Waals surface area contributed by atoms with Crippen LogP contribution < -0.4 is 5.73 Å². The fourth-order valence-corrected chi connectivity index (χ4v) is 2.98. The molecule has 0 saturated carbocycles. The molecule has 1 atom stereocenters. The standard InChI is InChI=1S/C18H28B9NO/c19-15(20,16(21,22)17(23,24)18(25,26)27)12-10-8-6-4-2-1-3-5-7-9-11-14(28)13-29/h7,9,14,29H,1-6,8,10-13,28H2/b9-7+/t14-/m1/s1. The summed E-state index contributed by atoms with van der Waals surface area (Å²) >= 11 is 0. The maximum atomic E-state index is 8.84. The van der Waals surface area contributed by atoms with Crippen molar-refractivity contribution in [2.24, 2.45) is 5.73 Å². The minimum atomic E-state index is -2.08. The lowest BCUT2D eigenvalue weighted by molar-refractivity contribution is 0.266. The molecule has 0 heterocycles. The molecule has 29 heavy (non-hydrogen) atoms. The molecule has 138 valence electrons. The maximum absolute atomic E-state index is 8.84. The van der Waals surface area contributed by atoms with Gasteiger partial charge in [-0.05, 0) is 19.3 Å². The maximum Gasteiger partial charge on any atom is 0.0608 e. The first-order valence-corrected chi connectivity index (χ1v) is 10.3. The van der Waals surface area contributed by atoms with E-state index in [1.54, 1.807) is 0 Å². The van der Waals surface area contributed by atoms with Crippen molar-refractivity contribution >= 4 is 70.6 Å². The van der Waals surface area contributed by atoms with Gasteiger partial charge in [0.25, 0.3) is 0 Å². The molecule has 0 aliphatic carbocycles. The van der Waals surface area contributed by atoms with Crippen LogP contribution in [0.2, 0.25) is 20.8 Å². The van der Waals surface area contributed by atoms with E-state index in [0.29, 0.717) is 19.3 Å². The van der Waals surface area contributed by atoms with Gasteiger partial charge in [-0.25, -0.2) is 0 Å². The Hall–Kier alpha value is 0.244. The van der Waals surface area contributed by atoms with Crippen LogP contribution in [0.15, 0.2) is 12.2 Å². The summed E-state index contributed by atoms with van der Waals surface area (Å²) in [4.78, 5) is 0. The van der Waals surface area contributed by atoms with Gasteiger partial charge < -0.3 is 10.8 Å². The Kier molecular flexibility index (Phi) is 13.1. The fraction of sp³-hybridized carbons (Fsp3) is 0.889. The molecule has 0 saturated heterocycles. The first-order valence-electron chi connectivity index (χ1n) is 10.3. The average Bonchev–Trinajstić information content (AvgIpc) is 2.60. The second-order valence-electron chi connectivity index (χ2n) is 8.37. The monoisotopic (exact) mass is 373 g/mol. The van der Waals surface area contributed by atoms with E-state index < -0.39 is 20.8 Å². The molecule has 0 aromatic carbocycles. The highest BCUT2D eigenvalue weighted by Crippen LogP contribution is 2.64. The third-order valence-electron chi connectivity index (χ3n) is 5.47. The molecule has 0 rings (SSSR count). The predicted molar refractivity (Wildman–Crippen MR) is 133 cm³/mol. The molecule has 2 nitrogen and oxygen atoms in total. The van der Waals surface area contributed by atoms with Crippen molar-refractivity contribution in [2.75, 3.05) is 6.61 Å². The molecule has 0 fully saturated rings. The topological polar surface area (TPSA) is 46.2 Å². The van der Waals surface area contributed by atoms with E-state index in [0.717, 1.165) is 44.9 Å². The van der Waals surface area contributed by atoms with Gasteiger partial charge in [-0.15, -0.1) is 20.8 Å². The number of allylic oxidation sites excluding steroid dienone is 1. The first kappa shape index (κ1) is 29.2. The van der Waals surface area contributed by atoms with Gasteiger partial charge >= 0.3 is 0 Å². The molecule has 3 N–H and O–H groups in total. The molecule has 0 unspecified atom stereocenters. The van der Waals surface area contributed by atoms with Crippen LogP contribution >= 0.6 is 0 Å². The minimum Gasteiger partial charge on any atom is -0.395 e. The van der Waals surface area contributed by atoms with Crippen molar-refractivity contribution in [1.82, 2.24) is 0 Å². The molecule has 18 radical (unpaired) electrons. The molecular formula is C18H28B9NO. The van der Waals surface area contributed by atoms with Crippen molar-refractivity contribution in [3.8, 4) is 0 Å². The van der Waals surface area contributed by atoms with Gasteiger partial charge in [-0.3, -0.25) is 0 Å². The van der Waals surface area contributed by atoms with E-state index >= 15 is 0 Å². The third-order valence-corrected chi connectivity index (χ3v) is 5.47. The first-order chi connectivity index (χ1) is 13.2. The van der Waals surface area contributed by atoms with Crippen molar-refractivity contribution in [1.29, 1.82) is 0 Å². The zero-order chi connectivity index (χ0) is 22.8. The van der Waals surface area contributed by atoms with Crippen molar-refractivity contribution in [3.05, 3.63) is 12.2 Å². The Morgan fingerprint density at radius 3 is 1.66 bits per heavy atom. The van der Waals surface area contributed by atoms with Crippen LogP contribution in [0.25, 0.3) is 0 Å². The summed E-state index contributed by atoms with van der Waals surface area (Å²) in [5, 5.41) is 1.13. The second-order valence-corrected chi connectivity index (χ2v) is 8.37. The summed E-state index contributed by atoms with van der Waals surface area (Å²) in [5.41, 5.74) is 5.62. The summed E-state index contributed by atoms with van der Waals surface area (Å²) in [6, 6.07) is -0.162. The number of unbranched alkanes of at least 4 members (excludes halogenated alkanes) is 7. The fourth-order valence-electron chi connectivity index (χ4n) is 2.98. The van der Waals surface area contributed by atoms with Gasteiger partial charge in [0, 0.05) is 29.6 Å². The SMILES string of the molecule is [B]C([B])([B])C([B])([B])C([B])([B])C([B])([B])CCCCCCCCC/C=C/C[C@@H](N)CO. The molecule has 0 aliphatic rings. The Morgan fingerprint density at radius 1 is 0.690 bits per heavy atom. The van der Waals surface area contributed by atoms with E-state index in [9.17, 15) is 0 Å². The van der Waals surface area contributed by atoms with E-state index in [1.165, 1.54) is 0 Å². The van der Waals surface area contributed by atoms with Crippen LogP contribution in [-0.2, 0) is 0 Å². The Morgan fingerprint density at radius 2 is 1.17 bits per heavy atom. The van der Waals surface area contributed by atoms with Crippen LogP contribution in [0.4, 0.5) is 0 Å². The number of rotatable bonds is 16. The van der Waals surface area contributed by atoms with Crippen molar-refractivity contribution in [3.63, 3.8) is 0 Å². The second kappa shape index (κ2) is 12.9. The Balaban J connectivity index is 4.03. The summed E-state index contributed by atoms with van der Waals surface area (Å²) in [6.45, 7) is 0.0183. The lowest BCUT2D eigenvalue weighted by Gasteiger charge is -2.62. The van der Waals surface area contributed by atoms with Crippen LogP contribution in [0.1, 0.15) is 64.2 Å². The molecule has 0 aromatic rings. The molecule has 0 amide bonds. The highest BCUT2D eigenvalue weighted by atomic mass is 16.3. The van der Waals surface area contributed by atoms with Gasteiger partial charge in [0.15, 0.2) is 0 Å². The lowest BCUT2D eigenvalue weighted by Crippen LogP contribution is -2.50. The highest BCUT2D eigenvalue weighted by molar-refractivity contribution is 6.72. The quantitative estimate of drug-likeness (QED) is 0.238. The summed E-state index contributed by atoms with van der Waals surface area (Å²) in [6.07, 6.45) is 13.4. The van der Waals surface area contributed by atoms with E-state index in [4.69, 9.17) is 81.5 Å². The zero-order valence-corrected chi connectivity index (χ0v) is 17.7. The van der Waals surface area contributed by atoms with Gasteiger partial charge in [-0.2, -0.15) is 0 Å². The van der Waals surface area contributed by atoms with Crippen molar-refractivity contribution in [2.45, 2.75) is 91.0 Å². The molecule has 0 aromatic heterocycles. The molecule has 0 aliphatic heterocycles. The zero-order valence-electron chi connectivity index (χ0n) is 17.7. The number of hydrogen-bond acceptors (Lipinski definition) is 2. The van der Waals surface area contributed by atoms with Gasteiger partial charge in [0.2, 0.25) is 0 Å². The molecule has 0 bridgehead atoms. The molecule has 11 heteroatoms. The number of nitrogens with two attached hydrogens (primary N) is 1. The van der Waals surface area contributed by atoms with E-state index in [2.05, 4.69) is 6.08 Å². The minimum absolute atomic E-state index is 0.0183. The Labute approximate surface area is 191 Å². The summed E-state index contributed by atoms with van der Waals surface area (Å²) < 4.78 is 0. The molecule has 0 spiro atoms. The third kappa shape index (κ3) is 9.50. The van der Waals surface area contributed by atoms with Crippen molar-refractivity contribution < 1.29 is 5.11 Å². The normalized spacial score (nSPS) is 15.0. The predicted octanol–water partition coefficient (Wildman–Crippen LogP) is 0.702. The van der Waals surface area contributed by atoms with Crippen LogP contribution in [0.3, 0.4) is 0 Å². The van der Waals surface area contributed by atoms with Crippen LogP contribution in [0.5, 0.6) is 0 Å². The molecular weight excluding hydrogens is 344 g/mol. The lowest BCUT2D eigenvalue weighted by atomic mass is 9.08. The van der Waals surface area contributed by atoms with Gasteiger partial charge in [-0.1, -0.05) is 57.1 Å². The Bertz CT molecular complexity index is 478. The van der Waals surface area contributed by atoms with Crippen LogP contribution in [-0.4, -0.2) is 88.4 Å². The summed E-state index contributed by atoms with van der Waals surface area (Å²) in [7, 11) is 52.8. The highest BCUT2D eigenvalue weighted by Gasteiger charge is 2.48. The average molecular weight is 372 g/mol. The number of aliphatic hydroxyl groups is 1. The smallest absolute Gasteiger partial charge is 0.0608 e. The van der Waals surface area contributed by atoms with E-state index in [1.807, 2.05) is 6.08 Å². The van der Waals surface area contributed by atoms with E-state index in [-0.39, 0.29) is 12.6 Å². The van der Waals surface area contributed by atoms with Gasteiger partial charge in [0.1, 0.15) is 0 Å².